The molecule has 0 radical (unpaired) electrons. The summed E-state index contributed by atoms with van der Waals surface area (Å²) in [5.41, 5.74) is 30.8. The van der Waals surface area contributed by atoms with Crippen LogP contribution in [0.4, 0.5) is 34.8 Å². The number of fused-ring (bicyclic) bond motifs is 4. The minimum absolute atomic E-state index is 0.0140. The van der Waals surface area contributed by atoms with Gasteiger partial charge in [-0.15, -0.1) is 0 Å². The number of oxime groups is 1. The summed E-state index contributed by atoms with van der Waals surface area (Å²) in [6.45, 7) is 9.69. The van der Waals surface area contributed by atoms with Gasteiger partial charge < -0.3 is 54.5 Å². The summed E-state index contributed by atoms with van der Waals surface area (Å²) in [6.07, 6.45) is 23.2. The van der Waals surface area contributed by atoms with Gasteiger partial charge >= 0.3 is 6.18 Å². The summed E-state index contributed by atoms with van der Waals surface area (Å²) in [7, 11) is 4.69. The van der Waals surface area contributed by atoms with E-state index in [2.05, 4.69) is 154 Å². The van der Waals surface area contributed by atoms with E-state index in [4.69, 9.17) is 49.8 Å². The zero-order valence-corrected chi connectivity index (χ0v) is 83.9. The highest BCUT2D eigenvalue weighted by molar-refractivity contribution is 6.21. The summed E-state index contributed by atoms with van der Waals surface area (Å²) in [5, 5.41) is 35.3. The van der Waals surface area contributed by atoms with Crippen LogP contribution in [0.3, 0.4) is 0 Å². The number of aliphatic imine (C=N–C) groups is 1. The van der Waals surface area contributed by atoms with Crippen LogP contribution in [0, 0.1) is 26.6 Å². The molecule has 5 amide bonds. The van der Waals surface area contributed by atoms with Crippen molar-refractivity contribution in [3.05, 3.63) is 339 Å². The number of nitrogens with one attached hydrogen (secondary N) is 4. The van der Waals surface area contributed by atoms with Gasteiger partial charge in [0.15, 0.2) is 34.5 Å². The van der Waals surface area contributed by atoms with E-state index in [1.807, 2.05) is 121 Å². The second kappa shape index (κ2) is 46.8. The Hall–Kier alpha value is -17.1. The molecule has 8 aromatic heterocycles. The van der Waals surface area contributed by atoms with E-state index in [1.54, 1.807) is 73.5 Å². The van der Waals surface area contributed by atoms with Crippen molar-refractivity contribution in [2.45, 2.75) is 180 Å². The number of hydrogen-bond acceptors (Lipinski definition) is 24. The number of benzene rings is 8. The minimum Gasteiger partial charge on any atom is -0.493 e. The van der Waals surface area contributed by atoms with Crippen molar-refractivity contribution in [2.75, 3.05) is 49.5 Å². The van der Waals surface area contributed by atoms with Crippen LogP contribution in [-0.4, -0.2) is 170 Å². The van der Waals surface area contributed by atoms with Gasteiger partial charge in [0.1, 0.15) is 33.8 Å². The molecule has 2 atom stereocenters. The van der Waals surface area contributed by atoms with E-state index in [-0.39, 0.29) is 59.1 Å². The maximum atomic E-state index is 13.7. The molecule has 23 rings (SSSR count). The lowest BCUT2D eigenvalue weighted by molar-refractivity contribution is -0.144. The molecule has 36 heteroatoms. The molecule has 8 aromatic carbocycles. The number of hydroxylamine groups is 1. The van der Waals surface area contributed by atoms with Gasteiger partial charge in [0.05, 0.1) is 73.7 Å². The number of anilines is 3. The number of rotatable bonds is 22. The number of aromatic amines is 1. The minimum atomic E-state index is -4.69. The molecule has 7 aliphatic rings. The van der Waals surface area contributed by atoms with Crippen LogP contribution in [0.15, 0.2) is 254 Å². The highest BCUT2D eigenvalue weighted by atomic mass is 19.4. The Kier molecular flexibility index (Phi) is 32.1. The molecule has 3 aliphatic carbocycles. The Morgan fingerprint density at radius 2 is 1.29 bits per heavy atom. The zero-order chi connectivity index (χ0) is 105. The zero-order valence-electron chi connectivity index (χ0n) is 83.9. The topological polar surface area (TPSA) is 400 Å². The molecule has 0 spiro atoms. The fourth-order valence-electron chi connectivity index (χ4n) is 19.9. The molecule has 0 bridgehead atoms. The van der Waals surface area contributed by atoms with Gasteiger partial charge in [-0.05, 0) is 247 Å². The SMILES string of the molecule is CCc1nn(C2CCCC2)c2c1CCN(c1ccccc1C)C2=O.CNc1nc(C(F)(F)F)nc2c1ncn2Cc1ccccc1F.COc1ccc(-c2ccc(C(N)=O)nc2)cc1OC1CCCC1.COc1ccc(C2=NO[C@@H](C(=O)NO)C2)cc1OC1CCCC1.Cc1cc2c3c(c1)C(c1ccccc1)=N[C@@H](NC(=O)c1ccncc1)C(=O)N3CC2.Cc1cnc2c(-c3cccc4n[nH]nc34)cc(Cc3ccncc3)cc2c1. The Bertz CT molecular complexity index is 7660. The standard InChI is InChI=1S/C24H20N4O2.C22H17N5.C20H25N3O.C18H20N2O3.C16H20N2O5.C14H11F4N5/c1-15-13-18-9-12-28-21(18)19(14-15)20(16-5-3-2-4-6-16)26-22(24(28)30)27-23(29)17-7-10-25-11-8-17;1-14-9-17-11-16(10-15-5-7-23-8-6-15)12-19(21(17)24-13-14)18-3-2-4-20-22(18)26-27-25-20;1-3-17-16-12-13-22(18-11-7-4-8-14(18)2)20(24)19(16)23(21-17)15-9-5-6-10-15;1-22-16-9-7-12(10-17(16)23-14-4-2-3-5-14)13-6-8-15(18(19)21)20-11-13;1-21-13-7-6-10(8-14(13)22-11-4-2-3-5-11)12-9-15(23-18-12)16(19)17-20;1-19-11-10-12(22-13(21-11)14(16,17)18)23(7-20-10)6-8-4-2-3-5-9(8)15/h2-8,10-11,13-14,22H,9,12H2,1H3,(H,27,29);2-9,11-13H,10H2,1H3,(H,25,26,27);4,7-8,11,15H,3,5-6,9-10,12-13H2,1-2H3;6-11,14H,2-5H2,1H3,(H2,19,21);6-8,11,15,20H,2-5,9H2,1H3,(H,17,19);2-5,7H,6H2,1H3,(H,19,21,22)/t22-;;;;15-;/m0...1./s1. The van der Waals surface area contributed by atoms with E-state index in [0.29, 0.717) is 53.1 Å². The molecule has 0 unspecified atom stereocenters. The lowest BCUT2D eigenvalue weighted by Gasteiger charge is -2.29. The molecule has 3 fully saturated rings. The highest BCUT2D eigenvalue weighted by Gasteiger charge is 2.41. The van der Waals surface area contributed by atoms with Crippen LogP contribution in [-0.2, 0) is 52.8 Å². The molecule has 12 heterocycles. The fraction of sp³-hybridized carbons (Fsp3) is 0.289. The maximum absolute atomic E-state index is 13.7. The van der Waals surface area contributed by atoms with Crippen LogP contribution in [0.2, 0.25) is 0 Å². The summed E-state index contributed by atoms with van der Waals surface area (Å²) < 4.78 is 78.8. The summed E-state index contributed by atoms with van der Waals surface area (Å²) in [6, 6.07) is 63.4. The lowest BCUT2D eigenvalue weighted by atomic mass is 9.95. The number of hydrogen-bond donors (Lipinski definition) is 6. The first-order chi connectivity index (χ1) is 72.9. The number of ether oxygens (including phenoxy) is 4. The first-order valence-electron chi connectivity index (χ1n) is 50.1. The number of alkyl halides is 3. The first-order valence-corrected chi connectivity index (χ1v) is 50.1. The third-order valence-corrected chi connectivity index (χ3v) is 27.3. The van der Waals surface area contributed by atoms with Crippen molar-refractivity contribution >= 4 is 91.3 Å². The predicted octanol–water partition coefficient (Wildman–Crippen LogP) is 19.7. The van der Waals surface area contributed by atoms with Crippen molar-refractivity contribution in [1.29, 1.82) is 0 Å². The van der Waals surface area contributed by atoms with Crippen molar-refractivity contribution in [2.24, 2.45) is 15.9 Å². The van der Waals surface area contributed by atoms with E-state index in [9.17, 15) is 41.5 Å². The second-order valence-corrected chi connectivity index (χ2v) is 37.4. The van der Waals surface area contributed by atoms with Gasteiger partial charge in [-0.3, -0.25) is 53.8 Å². The molecule has 16 aromatic rings. The Morgan fingerprint density at radius 3 is 1.97 bits per heavy atom. The van der Waals surface area contributed by atoms with Crippen molar-refractivity contribution in [1.82, 2.24) is 75.4 Å². The molecule has 3 saturated carbocycles. The number of imidazole rings is 1. The van der Waals surface area contributed by atoms with Gasteiger partial charge in [0.25, 0.3) is 29.5 Å². The third-order valence-electron chi connectivity index (χ3n) is 27.3. The number of H-pyrrole nitrogens is 1. The van der Waals surface area contributed by atoms with Crippen LogP contribution in [0.25, 0.3) is 55.4 Å². The van der Waals surface area contributed by atoms with Crippen LogP contribution in [0.1, 0.15) is 200 Å². The number of pyridine rings is 4. The van der Waals surface area contributed by atoms with E-state index >= 15 is 0 Å². The molecule has 32 nitrogen and oxygen atoms in total. The van der Waals surface area contributed by atoms with Crippen LogP contribution >= 0.6 is 0 Å². The smallest absolute Gasteiger partial charge is 0.451 e. The second-order valence-electron chi connectivity index (χ2n) is 37.4. The average molecular weight is 2030 g/mol. The molecule has 768 valence electrons. The molecule has 150 heavy (non-hydrogen) atoms. The summed E-state index contributed by atoms with van der Waals surface area (Å²) >= 11 is 0. The number of nitrogens with zero attached hydrogens (tertiary/aromatic N) is 16. The average Bonchev–Trinajstić information content (AvgIpc) is 1.60. The number of nitrogens with two attached hydrogens (primary N) is 1. The highest BCUT2D eigenvalue weighted by Crippen LogP contribution is 2.43. The van der Waals surface area contributed by atoms with E-state index < -0.39 is 41.9 Å². The third kappa shape index (κ3) is 23.5. The number of amides is 5. The van der Waals surface area contributed by atoms with Gasteiger partial charge in [-0.1, -0.05) is 128 Å². The quantitative estimate of drug-likeness (QED) is 0.0208. The molecule has 7 N–H and O–H groups in total. The monoisotopic (exact) mass is 2030 g/mol. The number of primary amides is 1. The van der Waals surface area contributed by atoms with Crippen molar-refractivity contribution in [3.63, 3.8) is 0 Å². The number of aromatic nitrogens is 13. The van der Waals surface area contributed by atoms with Crippen molar-refractivity contribution in [3.8, 4) is 45.3 Å². The van der Waals surface area contributed by atoms with Gasteiger partial charge in [0, 0.05) is 125 Å². The Balaban J connectivity index is 0.000000118. The number of carbonyl (C=O) groups excluding carboxylic acids is 5. The van der Waals surface area contributed by atoms with E-state index in [1.165, 1.54) is 85.3 Å². The summed E-state index contributed by atoms with van der Waals surface area (Å²) in [5.74, 6) is -0.521. The largest absolute Gasteiger partial charge is 0.493 e. The first kappa shape index (κ1) is 103. The summed E-state index contributed by atoms with van der Waals surface area (Å²) in [4.78, 5) is 103. The Morgan fingerprint density at radius 1 is 0.620 bits per heavy atom. The number of carbonyl (C=O) groups is 5. The Labute approximate surface area is 862 Å². The number of para-hydroxylation sites is 2. The number of halogens is 4. The van der Waals surface area contributed by atoms with Gasteiger partial charge in [0.2, 0.25) is 18.1 Å². The fourth-order valence-corrected chi connectivity index (χ4v) is 19.9. The molecular formula is C114H113F4N21O11. The normalized spacial score (nSPS) is 15.7. The van der Waals surface area contributed by atoms with Gasteiger partial charge in [-0.25, -0.2) is 29.8 Å². The van der Waals surface area contributed by atoms with E-state index in [0.717, 1.165) is 188 Å². The van der Waals surface area contributed by atoms with Gasteiger partial charge in [-0.2, -0.15) is 33.7 Å². The number of methoxy groups -OCH3 is 2. The molecule has 0 saturated heterocycles. The maximum Gasteiger partial charge on any atom is 0.451 e. The molecular weight excluding hydrogens is 1920 g/mol. The van der Waals surface area contributed by atoms with Crippen molar-refractivity contribution < 1.29 is 70.5 Å². The number of aryl methyl sites for hydroxylation is 4. The van der Waals surface area contributed by atoms with Crippen LogP contribution < -0.4 is 50.6 Å². The molecule has 4 aliphatic heterocycles. The predicted molar refractivity (Wildman–Crippen MR) is 562 cm³/mol. The lowest BCUT2D eigenvalue weighted by Crippen LogP contribution is -2.46. The van der Waals surface area contributed by atoms with Crippen LogP contribution in [0.5, 0.6) is 23.0 Å².